The van der Waals surface area contributed by atoms with Crippen LogP contribution < -0.4 is 4.74 Å². The van der Waals surface area contributed by atoms with Gasteiger partial charge in [-0.15, -0.1) is 0 Å². The zero-order chi connectivity index (χ0) is 29.2. The summed E-state index contributed by atoms with van der Waals surface area (Å²) in [6.45, 7) is 2.72. The molecule has 4 rings (SSSR count). The lowest BCUT2D eigenvalue weighted by molar-refractivity contribution is -0.142. The Kier molecular flexibility index (Phi) is 7.36. The smallest absolute Gasteiger partial charge is 0.307 e. The van der Waals surface area contributed by atoms with E-state index < -0.39 is 37.4 Å². The second-order valence-electron chi connectivity index (χ2n) is 10.1. The number of hydrogen-bond acceptors (Lipinski definition) is 5. The number of carboxylic acids is 1. The van der Waals surface area contributed by atoms with Gasteiger partial charge in [-0.2, -0.15) is 0 Å². The number of aliphatic carboxylic acids is 1. The topological polar surface area (TPSA) is 65.9 Å². The van der Waals surface area contributed by atoms with Crippen molar-refractivity contribution < 1.29 is 27.5 Å². The molecule has 2 heterocycles. The molecule has 1 aliphatic heterocycles. The minimum Gasteiger partial charge on any atom is -0.481 e. The van der Waals surface area contributed by atoms with E-state index in [2.05, 4.69) is 22.0 Å². The first kappa shape index (κ1) is 23.3. The largest absolute Gasteiger partial charge is 0.481 e. The van der Waals surface area contributed by atoms with Gasteiger partial charge in [0, 0.05) is 40.9 Å². The maximum Gasteiger partial charge on any atom is 0.307 e. The van der Waals surface area contributed by atoms with Gasteiger partial charge in [0.1, 0.15) is 12.4 Å². The molecule has 0 saturated heterocycles. The summed E-state index contributed by atoms with van der Waals surface area (Å²) in [4.78, 5) is 19.2. The van der Waals surface area contributed by atoms with Crippen molar-refractivity contribution in [3.63, 3.8) is 0 Å². The number of benzene rings is 1. The summed E-state index contributed by atoms with van der Waals surface area (Å²) in [6, 6.07) is 7.58. The first-order valence-electron chi connectivity index (χ1n) is 14.3. The Bertz CT molecular complexity index is 1270. The maximum absolute atomic E-state index is 15.7. The minimum absolute atomic E-state index is 0.0240. The summed E-state index contributed by atoms with van der Waals surface area (Å²) in [7, 11) is 0. The van der Waals surface area contributed by atoms with Crippen LogP contribution in [0.3, 0.4) is 0 Å². The van der Waals surface area contributed by atoms with Gasteiger partial charge in [0.05, 0.1) is 24.8 Å². The number of alkyl halides is 1. The van der Waals surface area contributed by atoms with Gasteiger partial charge in [0.2, 0.25) is 5.88 Å². The SMILES string of the molecule is [2H]C([2H])([2H])N(CCCF)CCOc1ncc(F)c([C@@H]2C3=C(C[C@H](C)N2C[C@@H](C)C(=O)O)c2ccccc2C3)c1C. The molecule has 37 heavy (non-hydrogen) atoms. The molecule has 200 valence electrons. The van der Waals surface area contributed by atoms with E-state index >= 15 is 4.39 Å². The molecule has 1 aliphatic carbocycles. The van der Waals surface area contributed by atoms with Crippen LogP contribution in [0, 0.1) is 18.7 Å². The lowest BCUT2D eigenvalue weighted by Crippen LogP contribution is -2.45. The average molecular weight is 517 g/mol. The van der Waals surface area contributed by atoms with Crippen molar-refractivity contribution in [1.29, 1.82) is 0 Å². The molecule has 0 spiro atoms. The standard InChI is InChI=1S/C29H37F2N3O3/c1-18(29(35)36)17-34-19(2)14-23-22-9-6-5-8-21(22)15-24(23)27(34)26-20(3)28(32-16-25(26)31)37-13-12-33(4)11-7-10-30/h5-6,8-9,16,18-19,27H,7,10-15,17H2,1-4H3,(H,35,36)/t18-,19+,27+/m1/s1/i4D3. The number of hydrogen-bond donors (Lipinski definition) is 1. The first-order valence-corrected chi connectivity index (χ1v) is 12.8. The number of ether oxygens (including phenoxy) is 1. The summed E-state index contributed by atoms with van der Waals surface area (Å²) in [5.74, 6) is -1.89. The first-order chi connectivity index (χ1) is 18.9. The summed E-state index contributed by atoms with van der Waals surface area (Å²) in [5, 5.41) is 9.68. The van der Waals surface area contributed by atoms with Crippen LogP contribution in [0.4, 0.5) is 8.78 Å². The molecule has 0 fully saturated rings. The van der Waals surface area contributed by atoms with Gasteiger partial charge < -0.3 is 14.7 Å². The van der Waals surface area contributed by atoms with E-state index in [1.807, 2.05) is 19.1 Å². The van der Waals surface area contributed by atoms with E-state index in [4.69, 9.17) is 8.85 Å². The van der Waals surface area contributed by atoms with E-state index in [1.165, 1.54) is 16.0 Å². The van der Waals surface area contributed by atoms with Crippen LogP contribution in [0.5, 0.6) is 5.88 Å². The molecule has 3 atom stereocenters. The third-order valence-electron chi connectivity index (χ3n) is 7.46. The molecule has 8 heteroatoms. The molecular weight excluding hydrogens is 476 g/mol. The number of carboxylic acid groups (broad SMARTS) is 1. The van der Waals surface area contributed by atoms with Gasteiger partial charge in [0.15, 0.2) is 0 Å². The highest BCUT2D eigenvalue weighted by Gasteiger charge is 2.41. The number of carbonyl (C=O) groups is 1. The lowest BCUT2D eigenvalue weighted by Gasteiger charge is -2.43. The third kappa shape index (κ3) is 5.70. The van der Waals surface area contributed by atoms with Crippen molar-refractivity contribution in [2.24, 2.45) is 5.92 Å². The molecule has 6 nitrogen and oxygen atoms in total. The van der Waals surface area contributed by atoms with E-state index in [9.17, 15) is 14.3 Å². The third-order valence-corrected chi connectivity index (χ3v) is 7.46. The fourth-order valence-electron chi connectivity index (χ4n) is 5.52. The van der Waals surface area contributed by atoms with Gasteiger partial charge in [0.25, 0.3) is 0 Å². The number of fused-ring (bicyclic) bond motifs is 2. The van der Waals surface area contributed by atoms with Crippen molar-refractivity contribution in [2.45, 2.75) is 52.1 Å². The normalized spacial score (nSPS) is 21.7. The van der Waals surface area contributed by atoms with Crippen molar-refractivity contribution in [3.05, 3.63) is 64.1 Å². The molecule has 0 unspecified atom stereocenters. The number of halogens is 2. The average Bonchev–Trinajstić information content (AvgIpc) is 3.26. The van der Waals surface area contributed by atoms with Crippen LogP contribution in [0.15, 0.2) is 36.0 Å². The highest BCUT2D eigenvalue weighted by atomic mass is 19.1. The molecule has 1 aromatic carbocycles. The highest BCUT2D eigenvalue weighted by Crippen LogP contribution is 2.50. The monoisotopic (exact) mass is 516 g/mol. The summed E-state index contributed by atoms with van der Waals surface area (Å²) in [5.41, 5.74) is 5.42. The zero-order valence-corrected chi connectivity index (χ0v) is 21.6. The van der Waals surface area contributed by atoms with Crippen molar-refractivity contribution in [1.82, 2.24) is 14.8 Å². The molecule has 0 radical (unpaired) electrons. The van der Waals surface area contributed by atoms with Crippen LogP contribution in [-0.4, -0.2) is 71.8 Å². The second-order valence-corrected chi connectivity index (χ2v) is 10.1. The number of likely N-dealkylation sites (N-methyl/N-ethyl adjacent to an activating group) is 1. The van der Waals surface area contributed by atoms with Crippen LogP contribution >= 0.6 is 0 Å². The van der Waals surface area contributed by atoms with Gasteiger partial charge >= 0.3 is 5.97 Å². The van der Waals surface area contributed by atoms with Gasteiger partial charge in [-0.3, -0.25) is 14.1 Å². The lowest BCUT2D eigenvalue weighted by atomic mass is 9.83. The Hall–Kier alpha value is -2.84. The van der Waals surface area contributed by atoms with E-state index in [0.29, 0.717) is 17.5 Å². The van der Waals surface area contributed by atoms with Gasteiger partial charge in [-0.1, -0.05) is 31.2 Å². The molecule has 2 aromatic rings. The fraction of sp³-hybridized carbons (Fsp3) is 0.517. The molecule has 0 saturated carbocycles. The summed E-state index contributed by atoms with van der Waals surface area (Å²) in [6.07, 6.45) is 2.58. The fourth-order valence-corrected chi connectivity index (χ4v) is 5.52. The Morgan fingerprint density at radius 3 is 2.89 bits per heavy atom. The maximum atomic E-state index is 15.7. The molecular formula is C29H37F2N3O3. The number of pyridine rings is 1. The van der Waals surface area contributed by atoms with Crippen LogP contribution in [-0.2, 0) is 11.2 Å². The minimum atomic E-state index is -2.39. The van der Waals surface area contributed by atoms with E-state index in [1.54, 1.807) is 13.8 Å². The quantitative estimate of drug-likeness (QED) is 0.450. The predicted molar refractivity (Wildman–Crippen MR) is 140 cm³/mol. The number of nitrogens with zero attached hydrogens (tertiary/aromatic N) is 3. The molecule has 2 aliphatic rings. The van der Waals surface area contributed by atoms with Gasteiger partial charge in [-0.05, 0) is 62.4 Å². The van der Waals surface area contributed by atoms with Crippen molar-refractivity contribution >= 4 is 11.5 Å². The molecule has 1 N–H and O–H groups in total. The number of rotatable bonds is 11. The Labute approximate surface area is 222 Å². The summed E-state index contributed by atoms with van der Waals surface area (Å²) < 4.78 is 57.4. The Morgan fingerprint density at radius 1 is 1.38 bits per heavy atom. The van der Waals surface area contributed by atoms with E-state index in [-0.39, 0.29) is 44.6 Å². The van der Waals surface area contributed by atoms with Gasteiger partial charge in [-0.25, -0.2) is 9.37 Å². The zero-order valence-electron chi connectivity index (χ0n) is 24.6. The van der Waals surface area contributed by atoms with Crippen LogP contribution in [0.25, 0.3) is 5.57 Å². The predicted octanol–water partition coefficient (Wildman–Crippen LogP) is 5.07. The Morgan fingerprint density at radius 2 is 2.16 bits per heavy atom. The van der Waals surface area contributed by atoms with Crippen molar-refractivity contribution in [3.8, 4) is 5.88 Å². The second kappa shape index (κ2) is 11.7. The summed E-state index contributed by atoms with van der Waals surface area (Å²) >= 11 is 0. The van der Waals surface area contributed by atoms with Crippen LogP contribution in [0.2, 0.25) is 0 Å². The highest BCUT2D eigenvalue weighted by molar-refractivity contribution is 5.79. The number of aromatic nitrogens is 1. The Balaban J connectivity index is 1.69. The molecule has 1 aromatic heterocycles. The molecule has 0 amide bonds. The molecule has 0 bridgehead atoms. The van der Waals surface area contributed by atoms with Crippen LogP contribution in [0.1, 0.15) is 59.1 Å². The van der Waals surface area contributed by atoms with E-state index in [0.717, 1.165) is 23.8 Å². The van der Waals surface area contributed by atoms with Crippen molar-refractivity contribution in [2.75, 3.05) is 39.9 Å².